The number of carboxylic acid groups (broad SMARTS) is 1. The molecule has 1 fully saturated rings. The number of oxazole rings is 1. The summed E-state index contributed by atoms with van der Waals surface area (Å²) < 4.78 is 5.07. The summed E-state index contributed by atoms with van der Waals surface area (Å²) in [6.45, 7) is 2.46. The van der Waals surface area contributed by atoms with Crippen molar-refractivity contribution in [3.05, 3.63) is 34.3 Å². The Morgan fingerprint density at radius 3 is 3.00 bits per heavy atom. The Balaban J connectivity index is 1.85. The van der Waals surface area contributed by atoms with E-state index in [4.69, 9.17) is 9.52 Å². The van der Waals surface area contributed by atoms with Gasteiger partial charge in [-0.2, -0.15) is 0 Å². The predicted molar refractivity (Wildman–Crippen MR) is 73.0 cm³/mol. The fraction of sp³-hybridized carbons (Fsp3) is 0.429. The van der Waals surface area contributed by atoms with Gasteiger partial charge in [0.2, 0.25) is 0 Å². The average Bonchev–Trinajstić information content (AvgIpc) is 2.77. The Hall–Kier alpha value is -2.24. The number of likely N-dealkylation sites (tertiary alicyclic amines) is 1. The van der Waals surface area contributed by atoms with Gasteiger partial charge in [0.15, 0.2) is 5.58 Å². The van der Waals surface area contributed by atoms with Crippen LogP contribution in [0.15, 0.2) is 27.4 Å². The molecule has 1 amide bonds. The molecule has 0 saturated carbocycles. The Morgan fingerprint density at radius 2 is 2.30 bits per heavy atom. The van der Waals surface area contributed by atoms with Crippen molar-refractivity contribution in [3.63, 3.8) is 0 Å². The molecule has 2 heterocycles. The van der Waals surface area contributed by atoms with Gasteiger partial charge >= 0.3 is 11.8 Å². The van der Waals surface area contributed by atoms with Crippen molar-refractivity contribution in [1.82, 2.24) is 9.88 Å². The van der Waals surface area contributed by atoms with E-state index < -0.39 is 11.8 Å². The zero-order valence-electron chi connectivity index (χ0n) is 11.1. The van der Waals surface area contributed by atoms with Crippen LogP contribution < -0.4 is 5.76 Å². The van der Waals surface area contributed by atoms with Gasteiger partial charge in [0.25, 0.3) is 0 Å². The van der Waals surface area contributed by atoms with Crippen LogP contribution in [0, 0.1) is 0 Å². The summed E-state index contributed by atoms with van der Waals surface area (Å²) in [4.78, 5) is 26.3. The van der Waals surface area contributed by atoms with Crippen LogP contribution in [0.3, 0.4) is 0 Å². The van der Waals surface area contributed by atoms with Crippen LogP contribution in [0.4, 0.5) is 4.79 Å². The highest BCUT2D eigenvalue weighted by Gasteiger charge is 2.29. The lowest BCUT2D eigenvalue weighted by Crippen LogP contribution is -2.43. The van der Waals surface area contributed by atoms with Crippen molar-refractivity contribution in [1.29, 1.82) is 0 Å². The standard InChI is InChI=1S/C14H16N2O4/c1-8-6-10(4-5-16(8)14(18)19)9-2-3-11-12(7-9)20-13(17)15-11/h2-3,7-8,10H,4-6H2,1H3,(H,15,17)(H,18,19)/t8-,10?/m1/s1. The zero-order chi connectivity index (χ0) is 14.3. The van der Waals surface area contributed by atoms with Gasteiger partial charge < -0.3 is 14.4 Å². The molecule has 0 radical (unpaired) electrons. The number of fused-ring (bicyclic) bond motifs is 1. The van der Waals surface area contributed by atoms with Crippen LogP contribution in [0.1, 0.15) is 31.2 Å². The van der Waals surface area contributed by atoms with Crippen molar-refractivity contribution in [2.75, 3.05) is 6.54 Å². The van der Waals surface area contributed by atoms with Gasteiger partial charge in [0.1, 0.15) is 0 Å². The molecule has 1 aliphatic heterocycles. The van der Waals surface area contributed by atoms with Crippen molar-refractivity contribution < 1.29 is 14.3 Å². The normalized spacial score (nSPS) is 23.1. The molecular weight excluding hydrogens is 260 g/mol. The largest absolute Gasteiger partial charge is 0.465 e. The molecule has 1 aliphatic rings. The molecular formula is C14H16N2O4. The highest BCUT2D eigenvalue weighted by molar-refractivity contribution is 5.73. The third-order valence-electron chi connectivity index (χ3n) is 4.04. The number of carbonyl (C=O) groups is 1. The molecule has 2 aromatic rings. The van der Waals surface area contributed by atoms with E-state index in [2.05, 4.69) is 4.98 Å². The van der Waals surface area contributed by atoms with Gasteiger partial charge in [-0.25, -0.2) is 9.59 Å². The number of hydrogen-bond donors (Lipinski definition) is 2. The van der Waals surface area contributed by atoms with Crippen LogP contribution in [-0.2, 0) is 0 Å². The minimum absolute atomic E-state index is 0.000167. The third-order valence-corrected chi connectivity index (χ3v) is 4.04. The quantitative estimate of drug-likeness (QED) is 0.837. The van der Waals surface area contributed by atoms with Gasteiger partial charge in [0, 0.05) is 12.6 Å². The number of nitrogens with zero attached hydrogens (tertiary/aromatic N) is 1. The highest BCUT2D eigenvalue weighted by atomic mass is 16.4. The van der Waals surface area contributed by atoms with E-state index in [-0.39, 0.29) is 6.04 Å². The Bertz CT molecular complexity index is 703. The van der Waals surface area contributed by atoms with E-state index in [0.29, 0.717) is 23.6 Å². The van der Waals surface area contributed by atoms with Crippen molar-refractivity contribution in [3.8, 4) is 0 Å². The van der Waals surface area contributed by atoms with Crippen LogP contribution in [0.5, 0.6) is 0 Å². The van der Waals surface area contributed by atoms with Crippen LogP contribution in [-0.4, -0.2) is 33.7 Å². The number of nitrogens with one attached hydrogen (secondary N) is 1. The van der Waals surface area contributed by atoms with Crippen molar-refractivity contribution in [2.24, 2.45) is 0 Å². The maximum absolute atomic E-state index is 11.2. The molecule has 1 aromatic heterocycles. The van der Waals surface area contributed by atoms with Gasteiger partial charge in [-0.1, -0.05) is 6.07 Å². The monoisotopic (exact) mass is 276 g/mol. The Labute approximate surface area is 115 Å². The molecule has 3 rings (SSSR count). The minimum atomic E-state index is -0.858. The van der Waals surface area contributed by atoms with Gasteiger partial charge in [-0.15, -0.1) is 0 Å². The van der Waals surface area contributed by atoms with E-state index >= 15 is 0 Å². The summed E-state index contributed by atoms with van der Waals surface area (Å²) in [5.74, 6) is -0.156. The van der Waals surface area contributed by atoms with Gasteiger partial charge in [0.05, 0.1) is 5.52 Å². The molecule has 6 heteroatoms. The fourth-order valence-electron chi connectivity index (χ4n) is 2.97. The summed E-state index contributed by atoms with van der Waals surface area (Å²) in [7, 11) is 0. The lowest BCUT2D eigenvalue weighted by molar-refractivity contribution is 0.107. The molecule has 2 atom stereocenters. The summed E-state index contributed by atoms with van der Waals surface area (Å²) >= 11 is 0. The lowest BCUT2D eigenvalue weighted by Gasteiger charge is -2.36. The van der Waals surface area contributed by atoms with Crippen molar-refractivity contribution in [2.45, 2.75) is 31.7 Å². The van der Waals surface area contributed by atoms with E-state index in [1.807, 2.05) is 25.1 Å². The number of piperidine rings is 1. The molecule has 0 spiro atoms. The zero-order valence-corrected chi connectivity index (χ0v) is 11.1. The first kappa shape index (κ1) is 12.8. The van der Waals surface area contributed by atoms with E-state index in [9.17, 15) is 9.59 Å². The summed E-state index contributed by atoms with van der Waals surface area (Å²) in [6.07, 6.45) is 0.714. The van der Waals surface area contributed by atoms with E-state index in [0.717, 1.165) is 18.4 Å². The van der Waals surface area contributed by atoms with E-state index in [1.165, 1.54) is 4.90 Å². The highest BCUT2D eigenvalue weighted by Crippen LogP contribution is 2.32. The minimum Gasteiger partial charge on any atom is -0.465 e. The first-order valence-electron chi connectivity index (χ1n) is 6.67. The Kier molecular flexibility index (Phi) is 3.00. The molecule has 6 nitrogen and oxygen atoms in total. The van der Waals surface area contributed by atoms with Gasteiger partial charge in [-0.05, 0) is 43.4 Å². The maximum atomic E-state index is 11.2. The van der Waals surface area contributed by atoms with Crippen LogP contribution in [0.25, 0.3) is 11.1 Å². The SMILES string of the molecule is C[C@@H]1CC(c2ccc3[nH]c(=O)oc3c2)CCN1C(=O)O. The Morgan fingerprint density at radius 1 is 1.50 bits per heavy atom. The number of H-pyrrole nitrogens is 1. The maximum Gasteiger partial charge on any atom is 0.417 e. The third kappa shape index (κ3) is 2.17. The number of rotatable bonds is 1. The second-order valence-electron chi connectivity index (χ2n) is 5.32. The number of aromatic nitrogens is 1. The topological polar surface area (TPSA) is 86.5 Å². The second-order valence-corrected chi connectivity index (χ2v) is 5.32. The average molecular weight is 276 g/mol. The number of amides is 1. The number of aromatic amines is 1. The van der Waals surface area contributed by atoms with E-state index in [1.54, 1.807) is 0 Å². The molecule has 1 aromatic carbocycles. The molecule has 1 unspecified atom stereocenters. The number of benzene rings is 1. The van der Waals surface area contributed by atoms with Crippen LogP contribution in [0.2, 0.25) is 0 Å². The lowest BCUT2D eigenvalue weighted by atomic mass is 9.86. The molecule has 2 N–H and O–H groups in total. The van der Waals surface area contributed by atoms with Crippen LogP contribution >= 0.6 is 0 Å². The number of hydrogen-bond acceptors (Lipinski definition) is 3. The second kappa shape index (κ2) is 4.70. The van der Waals surface area contributed by atoms with Crippen molar-refractivity contribution >= 4 is 17.2 Å². The van der Waals surface area contributed by atoms with Gasteiger partial charge in [-0.3, -0.25) is 4.98 Å². The summed E-state index contributed by atoms with van der Waals surface area (Å²) in [6, 6.07) is 5.69. The first-order chi connectivity index (χ1) is 9.54. The molecule has 106 valence electrons. The smallest absolute Gasteiger partial charge is 0.417 e. The summed E-state index contributed by atoms with van der Waals surface area (Å²) in [5, 5.41) is 9.08. The molecule has 0 bridgehead atoms. The predicted octanol–water partition coefficient (Wildman–Crippen LogP) is 2.37. The fourth-order valence-corrected chi connectivity index (χ4v) is 2.97. The molecule has 1 saturated heterocycles. The first-order valence-corrected chi connectivity index (χ1v) is 6.67. The molecule has 20 heavy (non-hydrogen) atoms. The summed E-state index contributed by atoms with van der Waals surface area (Å²) in [5.41, 5.74) is 2.34. The molecule has 0 aliphatic carbocycles.